The molecule has 0 aromatic heterocycles. The van der Waals surface area contributed by atoms with Gasteiger partial charge in [-0.3, -0.25) is 0 Å². The van der Waals surface area contributed by atoms with Crippen LogP contribution in [0.2, 0.25) is 0 Å². The molecule has 1 unspecified atom stereocenters. The Kier molecular flexibility index (Phi) is 5.94. The molecule has 1 N–H and O–H groups in total. The normalized spacial score (nSPS) is 14.9. The second-order valence-electron chi connectivity index (χ2n) is 4.77. The van der Waals surface area contributed by atoms with Gasteiger partial charge in [0, 0.05) is 10.7 Å². The van der Waals surface area contributed by atoms with Crippen LogP contribution in [-0.2, 0) is 13.8 Å². The molecule has 1 atom stereocenters. The van der Waals surface area contributed by atoms with Crippen molar-refractivity contribution in [3.63, 3.8) is 0 Å². The molecular weight excluding hydrogens is 311 g/mol. The Balaban J connectivity index is 4.67. The first-order chi connectivity index (χ1) is 8.21. The van der Waals surface area contributed by atoms with Gasteiger partial charge in [-0.2, -0.15) is 13.2 Å². The van der Waals surface area contributed by atoms with Crippen LogP contribution in [0.15, 0.2) is 0 Å². The van der Waals surface area contributed by atoms with Crippen molar-refractivity contribution >= 4 is 25.8 Å². The zero-order valence-electron chi connectivity index (χ0n) is 10.5. The molecule has 0 aliphatic carbocycles. The molecule has 0 fully saturated rings. The van der Waals surface area contributed by atoms with Crippen LogP contribution in [0, 0.1) is 0 Å². The highest BCUT2D eigenvalue weighted by Gasteiger charge is 2.41. The zero-order valence-corrected chi connectivity index (χ0v) is 12.1. The molecule has 5 nitrogen and oxygen atoms in total. The van der Waals surface area contributed by atoms with E-state index in [0.717, 1.165) is 0 Å². The molecule has 0 spiro atoms. The second-order valence-corrected chi connectivity index (χ2v) is 7.67. The third-order valence-corrected chi connectivity index (χ3v) is 2.92. The molecule has 19 heavy (non-hydrogen) atoms. The van der Waals surface area contributed by atoms with Crippen molar-refractivity contribution < 1.29 is 31.1 Å². The monoisotopic (exact) mass is 325 g/mol. The minimum Gasteiger partial charge on any atom is -0.444 e. The molecule has 0 saturated carbocycles. The highest BCUT2D eigenvalue weighted by atomic mass is 35.7. The molecule has 0 radical (unpaired) electrons. The lowest BCUT2D eigenvalue weighted by molar-refractivity contribution is -0.155. The van der Waals surface area contributed by atoms with Gasteiger partial charge >= 0.3 is 12.3 Å². The quantitative estimate of drug-likeness (QED) is 0.806. The first kappa shape index (κ1) is 18.3. The third-order valence-electron chi connectivity index (χ3n) is 1.74. The molecule has 0 saturated heterocycles. The number of alkyl carbamates (subject to hydrolysis) is 1. The average molecular weight is 326 g/mol. The van der Waals surface area contributed by atoms with E-state index in [2.05, 4.69) is 4.74 Å². The summed E-state index contributed by atoms with van der Waals surface area (Å²) in [6.07, 6.45) is -6.95. The summed E-state index contributed by atoms with van der Waals surface area (Å²) < 4.78 is 63.7. The molecule has 0 aromatic rings. The van der Waals surface area contributed by atoms with E-state index < -0.39 is 45.1 Å². The molecule has 0 aliphatic heterocycles. The maximum atomic E-state index is 12.6. The fraction of sp³-hybridized carbons (Fsp3) is 0.889. The Bertz CT molecular complexity index is 416. The maximum absolute atomic E-state index is 12.6. The van der Waals surface area contributed by atoms with Crippen LogP contribution in [0.5, 0.6) is 0 Å². The lowest BCUT2D eigenvalue weighted by Gasteiger charge is -2.24. The van der Waals surface area contributed by atoms with Crippen LogP contribution in [0.3, 0.4) is 0 Å². The second kappa shape index (κ2) is 6.17. The number of rotatable bonds is 4. The zero-order chi connectivity index (χ0) is 15.5. The van der Waals surface area contributed by atoms with E-state index in [9.17, 15) is 26.4 Å². The highest BCUT2D eigenvalue weighted by Crippen LogP contribution is 2.24. The van der Waals surface area contributed by atoms with Gasteiger partial charge in [-0.1, -0.05) is 0 Å². The number of halogens is 4. The molecule has 1 amide bonds. The number of carbonyl (C=O) groups excluding carboxylic acids is 1. The highest BCUT2D eigenvalue weighted by molar-refractivity contribution is 8.13. The summed E-state index contributed by atoms with van der Waals surface area (Å²) >= 11 is 0. The fourth-order valence-electron chi connectivity index (χ4n) is 1.03. The van der Waals surface area contributed by atoms with Crippen LogP contribution >= 0.6 is 10.7 Å². The molecule has 0 bridgehead atoms. The van der Waals surface area contributed by atoms with Crippen LogP contribution in [0.25, 0.3) is 0 Å². The van der Waals surface area contributed by atoms with E-state index in [0.29, 0.717) is 0 Å². The van der Waals surface area contributed by atoms with Crippen LogP contribution in [0.1, 0.15) is 27.2 Å². The van der Waals surface area contributed by atoms with Crippen molar-refractivity contribution in [1.82, 2.24) is 5.32 Å². The summed E-state index contributed by atoms with van der Waals surface area (Å²) in [5, 5.41) is 1.58. The van der Waals surface area contributed by atoms with Gasteiger partial charge in [-0.05, 0) is 27.2 Å². The van der Waals surface area contributed by atoms with E-state index in [1.165, 1.54) is 20.8 Å². The van der Waals surface area contributed by atoms with E-state index in [4.69, 9.17) is 10.7 Å². The predicted molar refractivity (Wildman–Crippen MR) is 63.5 cm³/mol. The van der Waals surface area contributed by atoms with Gasteiger partial charge in [0.1, 0.15) is 11.6 Å². The largest absolute Gasteiger partial charge is 0.444 e. The Labute approximate surface area is 113 Å². The van der Waals surface area contributed by atoms with E-state index in [1.807, 2.05) is 0 Å². The Morgan fingerprint density at radius 2 is 1.79 bits per heavy atom. The minimum absolute atomic E-state index is 0.880. The average Bonchev–Trinajstić information content (AvgIpc) is 2.05. The number of hydrogen-bond donors (Lipinski definition) is 1. The van der Waals surface area contributed by atoms with Crippen LogP contribution < -0.4 is 5.32 Å². The Hall–Kier alpha value is -0.700. The number of ether oxygens (including phenoxy) is 1. The van der Waals surface area contributed by atoms with Crippen molar-refractivity contribution in [2.24, 2.45) is 0 Å². The smallest absolute Gasteiger partial charge is 0.408 e. The predicted octanol–water partition coefficient (Wildman–Crippen LogP) is 2.40. The maximum Gasteiger partial charge on any atom is 0.408 e. The van der Waals surface area contributed by atoms with Crippen molar-refractivity contribution in [2.45, 2.75) is 45.0 Å². The molecule has 10 heteroatoms. The van der Waals surface area contributed by atoms with Gasteiger partial charge in [-0.15, -0.1) is 0 Å². The van der Waals surface area contributed by atoms with E-state index in [1.54, 1.807) is 5.32 Å². The number of hydrogen-bond acceptors (Lipinski definition) is 4. The first-order valence-corrected chi connectivity index (χ1v) is 7.67. The van der Waals surface area contributed by atoms with E-state index >= 15 is 0 Å². The van der Waals surface area contributed by atoms with Crippen LogP contribution in [0.4, 0.5) is 18.0 Å². The van der Waals surface area contributed by atoms with Gasteiger partial charge in [0.25, 0.3) is 0 Å². The summed E-state index contributed by atoms with van der Waals surface area (Å²) in [6, 6.07) is -2.34. The molecule has 114 valence electrons. The van der Waals surface area contributed by atoms with Gasteiger partial charge in [0.15, 0.2) is 0 Å². The number of carbonyl (C=O) groups is 1. The molecular formula is C9H15ClF3NO4S. The summed E-state index contributed by atoms with van der Waals surface area (Å²) in [7, 11) is 0.761. The van der Waals surface area contributed by atoms with Crippen molar-refractivity contribution in [1.29, 1.82) is 0 Å². The minimum atomic E-state index is -4.79. The molecule has 0 heterocycles. The van der Waals surface area contributed by atoms with Crippen molar-refractivity contribution in [3.05, 3.63) is 0 Å². The first-order valence-electron chi connectivity index (χ1n) is 5.19. The van der Waals surface area contributed by atoms with Crippen molar-refractivity contribution in [3.8, 4) is 0 Å². The lowest BCUT2D eigenvalue weighted by atomic mass is 10.2. The number of nitrogens with one attached hydrogen (secondary N) is 1. The topological polar surface area (TPSA) is 72.5 Å². The van der Waals surface area contributed by atoms with Gasteiger partial charge in [0.05, 0.1) is 5.75 Å². The third kappa shape index (κ3) is 9.83. The van der Waals surface area contributed by atoms with Gasteiger partial charge in [0.2, 0.25) is 9.05 Å². The lowest BCUT2D eigenvalue weighted by Crippen LogP contribution is -2.47. The standard InChI is InChI=1S/C9H15ClF3NO4S/c1-8(2,3)18-7(15)14-6(9(11,12)13)4-5-19(10,16)17/h6H,4-5H2,1-3H3,(H,14,15). The summed E-state index contributed by atoms with van der Waals surface area (Å²) in [5.74, 6) is -0.908. The Morgan fingerprint density at radius 1 is 1.32 bits per heavy atom. The number of alkyl halides is 3. The van der Waals surface area contributed by atoms with Gasteiger partial charge in [-0.25, -0.2) is 13.2 Å². The molecule has 0 aromatic carbocycles. The molecule has 0 aliphatic rings. The summed E-state index contributed by atoms with van der Waals surface area (Å²) in [5.41, 5.74) is -0.960. The van der Waals surface area contributed by atoms with Gasteiger partial charge < -0.3 is 10.1 Å². The van der Waals surface area contributed by atoms with Crippen LogP contribution in [-0.4, -0.2) is 38.1 Å². The van der Waals surface area contributed by atoms with Crippen molar-refractivity contribution in [2.75, 3.05) is 5.75 Å². The SMILES string of the molecule is CC(C)(C)OC(=O)NC(CCS(=O)(=O)Cl)C(F)(F)F. The number of amides is 1. The summed E-state index contributed by atoms with van der Waals surface area (Å²) in [6.45, 7) is 4.45. The summed E-state index contributed by atoms with van der Waals surface area (Å²) in [4.78, 5) is 11.2. The Morgan fingerprint density at radius 3 is 2.11 bits per heavy atom. The van der Waals surface area contributed by atoms with E-state index in [-0.39, 0.29) is 0 Å². The molecule has 0 rings (SSSR count). The fourth-order valence-corrected chi connectivity index (χ4v) is 1.81.